The maximum atomic E-state index is 12.3. The molecule has 5 rings (SSSR count). The summed E-state index contributed by atoms with van der Waals surface area (Å²) in [5.41, 5.74) is 0.905. The molecule has 0 bridgehead atoms. The van der Waals surface area contributed by atoms with E-state index in [-0.39, 0.29) is 48.7 Å². The molecule has 3 aromatic rings. The second kappa shape index (κ2) is 9.35. The number of amides is 2. The fourth-order valence-electron chi connectivity index (χ4n) is 3.72. The Hall–Kier alpha value is -3.97. The summed E-state index contributed by atoms with van der Waals surface area (Å²) in [4.78, 5) is 49.7. The molecule has 1 atom stereocenters. The average molecular weight is 502 g/mol. The van der Waals surface area contributed by atoms with Gasteiger partial charge in [0.05, 0.1) is 24.5 Å². The number of halogens is 1. The fourth-order valence-corrected chi connectivity index (χ4v) is 3.92. The van der Waals surface area contributed by atoms with Crippen molar-refractivity contribution in [3.05, 3.63) is 39.9 Å². The zero-order valence-electron chi connectivity index (χ0n) is 18.5. The van der Waals surface area contributed by atoms with Gasteiger partial charge in [0, 0.05) is 26.2 Å². The van der Waals surface area contributed by atoms with E-state index in [0.717, 1.165) is 0 Å². The number of anilines is 2. The van der Waals surface area contributed by atoms with Crippen LogP contribution in [0, 0.1) is 0 Å². The van der Waals surface area contributed by atoms with Gasteiger partial charge in [-0.15, -0.1) is 0 Å². The van der Waals surface area contributed by atoms with Crippen LogP contribution in [0.15, 0.2) is 29.3 Å². The summed E-state index contributed by atoms with van der Waals surface area (Å²) in [5, 5.41) is 6.03. The van der Waals surface area contributed by atoms with Gasteiger partial charge in [0.2, 0.25) is 0 Å². The van der Waals surface area contributed by atoms with E-state index in [1.807, 2.05) is 0 Å². The Morgan fingerprint density at radius 2 is 2.11 bits per heavy atom. The van der Waals surface area contributed by atoms with E-state index in [9.17, 15) is 14.4 Å². The number of pyridine rings is 2. The van der Waals surface area contributed by atoms with Gasteiger partial charge >= 0.3 is 6.09 Å². The fraction of sp³-hybridized carbons (Fsp3) is 0.333. The molecule has 0 aliphatic carbocycles. The van der Waals surface area contributed by atoms with Crippen molar-refractivity contribution in [1.29, 1.82) is 0 Å². The monoisotopic (exact) mass is 501 g/mol. The van der Waals surface area contributed by atoms with Crippen LogP contribution in [0.5, 0.6) is 11.6 Å². The predicted molar refractivity (Wildman–Crippen MR) is 124 cm³/mol. The lowest BCUT2D eigenvalue weighted by molar-refractivity contribution is -0.118. The molecule has 35 heavy (non-hydrogen) atoms. The maximum Gasteiger partial charge on any atom is 0.416 e. The first-order valence-electron chi connectivity index (χ1n) is 10.7. The summed E-state index contributed by atoms with van der Waals surface area (Å²) in [5.74, 6) is 0.626. The number of nitrogens with one attached hydrogen (secondary N) is 2. The molecule has 1 fully saturated rings. The Morgan fingerprint density at radius 1 is 1.26 bits per heavy atom. The van der Waals surface area contributed by atoms with Gasteiger partial charge in [0.25, 0.3) is 17.3 Å². The van der Waals surface area contributed by atoms with Crippen molar-refractivity contribution < 1.29 is 23.8 Å². The van der Waals surface area contributed by atoms with Crippen LogP contribution in [0.2, 0.25) is 5.02 Å². The van der Waals surface area contributed by atoms with Crippen LogP contribution in [-0.4, -0.2) is 70.5 Å². The van der Waals surface area contributed by atoms with Gasteiger partial charge in [0.15, 0.2) is 24.0 Å². The molecule has 0 saturated carbocycles. The molecule has 2 aliphatic heterocycles. The van der Waals surface area contributed by atoms with E-state index in [1.54, 1.807) is 13.1 Å². The van der Waals surface area contributed by atoms with Crippen LogP contribution in [0.25, 0.3) is 11.0 Å². The van der Waals surface area contributed by atoms with Crippen molar-refractivity contribution >= 4 is 46.3 Å². The van der Waals surface area contributed by atoms with E-state index < -0.39 is 12.2 Å². The summed E-state index contributed by atoms with van der Waals surface area (Å²) in [6.45, 7) is 1.16. The summed E-state index contributed by atoms with van der Waals surface area (Å²) in [6, 6.07) is 3.05. The number of nitrogens with zero attached hydrogens (tertiary/aromatic N) is 5. The molecule has 5 heterocycles. The minimum Gasteiger partial charge on any atom is -0.488 e. The molecule has 3 aromatic heterocycles. The Morgan fingerprint density at radius 3 is 2.97 bits per heavy atom. The number of aromatic nitrogens is 4. The van der Waals surface area contributed by atoms with Gasteiger partial charge in [-0.25, -0.2) is 14.8 Å². The highest BCUT2D eigenvalue weighted by molar-refractivity contribution is 6.32. The lowest BCUT2D eigenvalue weighted by atomic mass is 10.3. The predicted octanol–water partition coefficient (Wildman–Crippen LogP) is 0.702. The third-order valence-electron chi connectivity index (χ3n) is 5.41. The topological polar surface area (TPSA) is 150 Å². The lowest BCUT2D eigenvalue weighted by Gasteiger charge is -2.18. The number of rotatable bonds is 7. The van der Waals surface area contributed by atoms with Gasteiger partial charge in [-0.05, 0) is 6.07 Å². The van der Waals surface area contributed by atoms with Crippen molar-refractivity contribution in [1.82, 2.24) is 24.8 Å². The minimum atomic E-state index is -0.568. The van der Waals surface area contributed by atoms with Crippen LogP contribution in [0.4, 0.5) is 16.4 Å². The minimum absolute atomic E-state index is 0.133. The zero-order chi connectivity index (χ0) is 24.5. The molecule has 0 unspecified atom stereocenters. The van der Waals surface area contributed by atoms with Crippen LogP contribution in [-0.2, 0) is 16.6 Å². The summed E-state index contributed by atoms with van der Waals surface area (Å²) < 4.78 is 17.9. The number of fused-ring (bicyclic) bond motifs is 2. The Balaban J connectivity index is 1.15. The number of hydrogen-bond acceptors (Lipinski definition) is 10. The Bertz CT molecular complexity index is 1380. The van der Waals surface area contributed by atoms with Crippen LogP contribution in [0.3, 0.4) is 0 Å². The molecule has 0 aromatic carbocycles. The summed E-state index contributed by atoms with van der Waals surface area (Å²) >= 11 is 6.26. The smallest absolute Gasteiger partial charge is 0.416 e. The first-order valence-corrected chi connectivity index (χ1v) is 11.0. The number of ether oxygens (including phenoxy) is 3. The molecule has 182 valence electrons. The summed E-state index contributed by atoms with van der Waals surface area (Å²) in [7, 11) is 1.63. The van der Waals surface area contributed by atoms with Gasteiger partial charge in [0.1, 0.15) is 23.3 Å². The molecule has 0 radical (unpaired) electrons. The number of cyclic esters (lactones) is 1. The van der Waals surface area contributed by atoms with Crippen molar-refractivity contribution in [2.24, 2.45) is 7.05 Å². The third-order valence-corrected chi connectivity index (χ3v) is 5.68. The van der Waals surface area contributed by atoms with Crippen molar-refractivity contribution in [2.45, 2.75) is 6.10 Å². The third kappa shape index (κ3) is 4.55. The SMILES string of the molecule is Cn1c(=O)ccc2ncc(Cl)c(OCCNC[C@H]3CN(c4cnc5c(n4)NC(=O)CO5)C(=O)O3)c21. The maximum absolute atomic E-state index is 12.3. The Kier molecular flexibility index (Phi) is 6.09. The second-order valence-electron chi connectivity index (χ2n) is 7.79. The quantitative estimate of drug-likeness (QED) is 0.443. The highest BCUT2D eigenvalue weighted by atomic mass is 35.5. The second-order valence-corrected chi connectivity index (χ2v) is 8.19. The number of hydrogen-bond donors (Lipinski definition) is 2. The van der Waals surface area contributed by atoms with Gasteiger partial charge < -0.3 is 29.4 Å². The largest absolute Gasteiger partial charge is 0.488 e. The summed E-state index contributed by atoms with van der Waals surface area (Å²) in [6.07, 6.45) is 1.86. The van der Waals surface area contributed by atoms with Gasteiger partial charge in [-0.1, -0.05) is 11.6 Å². The molecule has 13 nitrogen and oxygen atoms in total. The van der Waals surface area contributed by atoms with E-state index in [0.29, 0.717) is 34.9 Å². The molecule has 2 aliphatic rings. The van der Waals surface area contributed by atoms with Crippen molar-refractivity contribution in [3.8, 4) is 11.6 Å². The van der Waals surface area contributed by atoms with Crippen LogP contribution in [0.1, 0.15) is 0 Å². The first kappa shape index (κ1) is 22.8. The average Bonchev–Trinajstić information content (AvgIpc) is 3.22. The number of carbonyl (C=O) groups is 2. The van der Waals surface area contributed by atoms with E-state index in [1.165, 1.54) is 27.9 Å². The lowest BCUT2D eigenvalue weighted by Crippen LogP contribution is -2.33. The number of aryl methyl sites for hydroxylation is 1. The molecule has 14 heteroatoms. The Labute approximate surface area is 203 Å². The van der Waals surface area contributed by atoms with E-state index in [2.05, 4.69) is 25.6 Å². The van der Waals surface area contributed by atoms with Gasteiger partial charge in [-0.3, -0.25) is 19.5 Å². The zero-order valence-corrected chi connectivity index (χ0v) is 19.2. The molecule has 2 amide bonds. The van der Waals surface area contributed by atoms with Crippen LogP contribution < -0.4 is 30.6 Å². The standard InChI is InChI=1S/C21H20ClN7O6/c1-28-16(31)3-2-13-17(28)18(12(22)7-24-13)33-5-4-23-6-11-9-29(21(32)35-11)14-8-25-20-19(26-14)27-15(30)10-34-20/h2-3,7-8,11,23H,4-6,9-10H2,1H3,(H,26,27,30)/t11-/m0/s1. The van der Waals surface area contributed by atoms with E-state index in [4.69, 9.17) is 25.8 Å². The van der Waals surface area contributed by atoms with Crippen LogP contribution >= 0.6 is 11.6 Å². The molecule has 0 spiro atoms. The highest BCUT2D eigenvalue weighted by Gasteiger charge is 2.34. The van der Waals surface area contributed by atoms with Gasteiger partial charge in [-0.2, -0.15) is 0 Å². The first-order chi connectivity index (χ1) is 16.9. The normalized spacial score (nSPS) is 17.1. The molecular weight excluding hydrogens is 482 g/mol. The molecule has 1 saturated heterocycles. The molecular formula is C21H20ClN7O6. The van der Waals surface area contributed by atoms with Crippen molar-refractivity contribution in [2.75, 3.05) is 43.1 Å². The van der Waals surface area contributed by atoms with E-state index >= 15 is 0 Å². The molecule has 2 N–H and O–H groups in total. The highest BCUT2D eigenvalue weighted by Crippen LogP contribution is 2.31. The van der Waals surface area contributed by atoms with Crippen molar-refractivity contribution in [3.63, 3.8) is 0 Å². The number of carbonyl (C=O) groups excluding carboxylic acids is 2.